The highest BCUT2D eigenvalue weighted by molar-refractivity contribution is 7.15. The van der Waals surface area contributed by atoms with E-state index in [9.17, 15) is 4.39 Å². The van der Waals surface area contributed by atoms with Crippen LogP contribution in [0.4, 0.5) is 10.2 Å². The monoisotopic (exact) mass is 267 g/mol. The van der Waals surface area contributed by atoms with Gasteiger partial charge < -0.3 is 5.73 Å². The molecule has 2 N–H and O–H groups in total. The van der Waals surface area contributed by atoms with Gasteiger partial charge in [0.2, 0.25) is 0 Å². The molecule has 0 aliphatic carbocycles. The summed E-state index contributed by atoms with van der Waals surface area (Å²) in [6.45, 7) is 0. The maximum Gasteiger partial charge on any atom is 0.195 e. The molecule has 0 bridgehead atoms. The first-order valence-corrected chi connectivity index (χ1v) is 6.08. The average molecular weight is 268 g/mol. The van der Waals surface area contributed by atoms with Crippen molar-refractivity contribution in [3.63, 3.8) is 0 Å². The Morgan fingerprint density at radius 3 is 2.94 bits per heavy atom. The van der Waals surface area contributed by atoms with Crippen LogP contribution in [0.15, 0.2) is 29.8 Å². The van der Waals surface area contributed by atoms with Gasteiger partial charge >= 0.3 is 0 Å². The minimum Gasteiger partial charge on any atom is -0.384 e. The molecule has 17 heavy (non-hydrogen) atoms. The zero-order valence-electron chi connectivity index (χ0n) is 8.52. The van der Waals surface area contributed by atoms with Crippen LogP contribution in [0.5, 0.6) is 0 Å². The normalized spacial score (nSPS) is 11.2. The highest BCUT2D eigenvalue weighted by atomic mass is 35.5. The van der Waals surface area contributed by atoms with Gasteiger partial charge in [0.1, 0.15) is 11.6 Å². The van der Waals surface area contributed by atoms with E-state index in [0.717, 1.165) is 16.2 Å². The molecule has 2 aromatic heterocycles. The fraction of sp³-hybridized carbons (Fsp3) is 0. The third-order valence-electron chi connectivity index (χ3n) is 2.45. The molecule has 2 heterocycles. The topological polar surface area (TPSA) is 43.3 Å². The third kappa shape index (κ3) is 1.67. The number of hydrogen-bond acceptors (Lipinski definition) is 3. The zero-order valence-corrected chi connectivity index (χ0v) is 10.1. The van der Waals surface area contributed by atoms with E-state index in [1.54, 1.807) is 16.5 Å². The van der Waals surface area contributed by atoms with Crippen molar-refractivity contribution >= 4 is 33.7 Å². The van der Waals surface area contributed by atoms with Gasteiger partial charge in [-0.3, -0.25) is 4.40 Å². The number of fused-ring (bicyclic) bond motifs is 1. The van der Waals surface area contributed by atoms with E-state index < -0.39 is 5.82 Å². The fourth-order valence-electron chi connectivity index (χ4n) is 1.60. The number of nitrogens with two attached hydrogens (primary N) is 1. The maximum atomic E-state index is 13.0. The molecule has 1 aromatic carbocycles. The smallest absolute Gasteiger partial charge is 0.195 e. The third-order valence-corrected chi connectivity index (χ3v) is 3.60. The summed E-state index contributed by atoms with van der Waals surface area (Å²) in [5, 5.41) is 1.91. The highest BCUT2D eigenvalue weighted by Crippen LogP contribution is 2.27. The van der Waals surface area contributed by atoms with Gasteiger partial charge in [0, 0.05) is 17.1 Å². The van der Waals surface area contributed by atoms with Gasteiger partial charge in [0.25, 0.3) is 0 Å². The van der Waals surface area contributed by atoms with Crippen LogP contribution in [0.1, 0.15) is 0 Å². The van der Waals surface area contributed by atoms with Crippen LogP contribution in [0.2, 0.25) is 5.02 Å². The second-order valence-corrected chi connectivity index (χ2v) is 4.81. The van der Waals surface area contributed by atoms with Crippen LogP contribution < -0.4 is 5.73 Å². The predicted molar refractivity (Wildman–Crippen MR) is 67.9 cm³/mol. The van der Waals surface area contributed by atoms with Crippen LogP contribution >= 0.6 is 22.9 Å². The molecule has 0 amide bonds. The Balaban J connectivity index is 2.16. The number of benzene rings is 1. The standard InChI is InChI=1S/C11H7ClFN3S/c12-7-3-6(1-2-8(7)13)9-4-16-10(14)5-17-11(16)15-9/h1-5H,14H2. The van der Waals surface area contributed by atoms with Crippen molar-refractivity contribution in [3.8, 4) is 11.3 Å². The lowest BCUT2D eigenvalue weighted by Crippen LogP contribution is -1.87. The summed E-state index contributed by atoms with van der Waals surface area (Å²) in [5.74, 6) is 0.202. The second kappa shape index (κ2) is 3.72. The average Bonchev–Trinajstić information content (AvgIpc) is 2.86. The van der Waals surface area contributed by atoms with Crippen molar-refractivity contribution in [1.29, 1.82) is 0 Å². The first-order valence-electron chi connectivity index (χ1n) is 4.82. The first kappa shape index (κ1) is 10.6. The molecule has 0 fully saturated rings. The number of anilines is 1. The van der Waals surface area contributed by atoms with Gasteiger partial charge in [-0.25, -0.2) is 9.37 Å². The van der Waals surface area contributed by atoms with Crippen molar-refractivity contribution in [3.05, 3.63) is 40.6 Å². The van der Waals surface area contributed by atoms with E-state index in [4.69, 9.17) is 17.3 Å². The van der Waals surface area contributed by atoms with E-state index in [2.05, 4.69) is 4.98 Å². The van der Waals surface area contributed by atoms with Crippen LogP contribution in [0.25, 0.3) is 16.2 Å². The van der Waals surface area contributed by atoms with Crippen LogP contribution in [-0.4, -0.2) is 9.38 Å². The molecule has 0 atom stereocenters. The fourth-order valence-corrected chi connectivity index (χ4v) is 2.54. The Morgan fingerprint density at radius 2 is 2.24 bits per heavy atom. The SMILES string of the molecule is Nc1csc2nc(-c3ccc(F)c(Cl)c3)cn12. The lowest BCUT2D eigenvalue weighted by Gasteiger charge is -1.98. The molecule has 6 heteroatoms. The van der Waals surface area contributed by atoms with Crippen molar-refractivity contribution in [2.75, 3.05) is 5.73 Å². The van der Waals surface area contributed by atoms with E-state index in [1.165, 1.54) is 17.4 Å². The Hall–Kier alpha value is -1.59. The maximum absolute atomic E-state index is 13.0. The van der Waals surface area contributed by atoms with E-state index >= 15 is 0 Å². The lowest BCUT2D eigenvalue weighted by atomic mass is 10.2. The van der Waals surface area contributed by atoms with Gasteiger partial charge in [-0.05, 0) is 18.2 Å². The molecule has 3 nitrogen and oxygen atoms in total. The number of halogens is 2. The van der Waals surface area contributed by atoms with Crippen molar-refractivity contribution in [2.24, 2.45) is 0 Å². The molecule has 0 saturated heterocycles. The number of rotatable bonds is 1. The van der Waals surface area contributed by atoms with Gasteiger partial charge in [-0.2, -0.15) is 0 Å². The molecule has 0 saturated carbocycles. The molecule has 86 valence electrons. The molecule has 3 rings (SSSR count). The zero-order chi connectivity index (χ0) is 12.0. The summed E-state index contributed by atoms with van der Waals surface area (Å²) in [4.78, 5) is 5.20. The van der Waals surface area contributed by atoms with Crippen molar-refractivity contribution in [2.45, 2.75) is 0 Å². The molecule has 0 aliphatic rings. The van der Waals surface area contributed by atoms with Gasteiger partial charge in [-0.1, -0.05) is 11.6 Å². The van der Waals surface area contributed by atoms with Crippen molar-refractivity contribution in [1.82, 2.24) is 9.38 Å². The Labute approximate surface area is 105 Å². The number of nitrogens with zero attached hydrogens (tertiary/aromatic N) is 2. The quantitative estimate of drug-likeness (QED) is 0.734. The summed E-state index contributed by atoms with van der Waals surface area (Å²) in [6.07, 6.45) is 1.81. The van der Waals surface area contributed by atoms with Gasteiger partial charge in [0.15, 0.2) is 4.96 Å². The van der Waals surface area contributed by atoms with Gasteiger partial charge in [0.05, 0.1) is 10.7 Å². The Morgan fingerprint density at radius 1 is 1.41 bits per heavy atom. The highest BCUT2D eigenvalue weighted by Gasteiger charge is 2.09. The summed E-state index contributed by atoms with van der Waals surface area (Å²) in [6, 6.07) is 4.53. The molecule has 0 aliphatic heterocycles. The number of nitrogen functional groups attached to an aromatic ring is 1. The van der Waals surface area contributed by atoms with Crippen molar-refractivity contribution < 1.29 is 4.39 Å². The van der Waals surface area contributed by atoms with E-state index in [-0.39, 0.29) is 5.02 Å². The number of thiazole rings is 1. The number of hydrogen-bond donors (Lipinski definition) is 1. The van der Waals surface area contributed by atoms with Gasteiger partial charge in [-0.15, -0.1) is 11.3 Å². The summed E-state index contributed by atoms with van der Waals surface area (Å²) in [5.41, 5.74) is 7.27. The minimum atomic E-state index is -0.434. The largest absolute Gasteiger partial charge is 0.384 e. The molecular formula is C11H7ClFN3S. The first-order chi connectivity index (χ1) is 8.15. The Bertz CT molecular complexity index is 704. The van der Waals surface area contributed by atoms with Crippen LogP contribution in [-0.2, 0) is 0 Å². The minimum absolute atomic E-state index is 0.0897. The number of aromatic nitrogens is 2. The van der Waals surface area contributed by atoms with Crippen LogP contribution in [0, 0.1) is 5.82 Å². The Kier molecular flexibility index (Phi) is 2.31. The van der Waals surface area contributed by atoms with E-state index in [1.807, 2.05) is 11.6 Å². The summed E-state index contributed by atoms with van der Waals surface area (Å²) >= 11 is 7.19. The predicted octanol–water partition coefficient (Wildman–Crippen LogP) is 3.44. The molecule has 0 unspecified atom stereocenters. The molecule has 0 spiro atoms. The van der Waals surface area contributed by atoms with Crippen LogP contribution in [0.3, 0.4) is 0 Å². The lowest BCUT2D eigenvalue weighted by molar-refractivity contribution is 0.628. The second-order valence-electron chi connectivity index (χ2n) is 3.57. The van der Waals surface area contributed by atoms with E-state index in [0.29, 0.717) is 5.82 Å². The number of imidazole rings is 1. The summed E-state index contributed by atoms with van der Waals surface area (Å²) < 4.78 is 14.8. The molecule has 0 radical (unpaired) electrons. The molecular weight excluding hydrogens is 261 g/mol. The molecule has 3 aromatic rings. The summed E-state index contributed by atoms with van der Waals surface area (Å²) in [7, 11) is 0.